The van der Waals surface area contributed by atoms with Gasteiger partial charge in [-0.05, 0) is 12.5 Å². The van der Waals surface area contributed by atoms with Crippen molar-refractivity contribution in [2.45, 2.75) is 19.0 Å². The molecule has 0 atom stereocenters. The van der Waals surface area contributed by atoms with Crippen LogP contribution in [0.4, 0.5) is 13.2 Å². The van der Waals surface area contributed by atoms with E-state index in [1.54, 1.807) is 0 Å². The number of carbonyl (C=O) groups excluding carboxylic acids is 1. The lowest BCUT2D eigenvalue weighted by molar-refractivity contribution is -0.137. The summed E-state index contributed by atoms with van der Waals surface area (Å²) in [5.41, 5.74) is -1.14. The van der Waals surface area contributed by atoms with E-state index in [4.69, 9.17) is 0 Å². The summed E-state index contributed by atoms with van der Waals surface area (Å²) >= 11 is 0. The fourth-order valence-electron chi connectivity index (χ4n) is 1.27. The molecule has 81 valence electrons. The molecule has 0 saturated carbocycles. The van der Waals surface area contributed by atoms with E-state index in [1.165, 1.54) is 18.2 Å². The van der Waals surface area contributed by atoms with Gasteiger partial charge in [0.25, 0.3) is 0 Å². The first-order valence-electron chi connectivity index (χ1n) is 4.45. The molecule has 15 heavy (non-hydrogen) atoms. The van der Waals surface area contributed by atoms with E-state index in [2.05, 4.69) is 6.92 Å². The summed E-state index contributed by atoms with van der Waals surface area (Å²) in [4.78, 5) is 11.4. The molecular weight excluding hydrogens is 205 g/mol. The Morgan fingerprint density at radius 1 is 1.27 bits per heavy atom. The van der Waals surface area contributed by atoms with Crippen LogP contribution in [0.1, 0.15) is 28.8 Å². The topological polar surface area (TPSA) is 17.1 Å². The smallest absolute Gasteiger partial charge is 0.294 e. The zero-order chi connectivity index (χ0) is 11.5. The summed E-state index contributed by atoms with van der Waals surface area (Å²) in [7, 11) is 0. The van der Waals surface area contributed by atoms with Crippen molar-refractivity contribution in [3.05, 3.63) is 42.3 Å². The largest absolute Gasteiger partial charge is 0.417 e. The lowest BCUT2D eigenvalue weighted by Crippen LogP contribution is -2.12. The van der Waals surface area contributed by atoms with Crippen molar-refractivity contribution in [3.8, 4) is 0 Å². The maximum Gasteiger partial charge on any atom is 0.417 e. The second-order valence-electron chi connectivity index (χ2n) is 3.07. The zero-order valence-electron chi connectivity index (χ0n) is 7.97. The third kappa shape index (κ3) is 2.81. The van der Waals surface area contributed by atoms with Crippen LogP contribution in [0.25, 0.3) is 0 Å². The van der Waals surface area contributed by atoms with Gasteiger partial charge < -0.3 is 0 Å². The number of benzene rings is 1. The minimum Gasteiger partial charge on any atom is -0.294 e. The first-order chi connectivity index (χ1) is 6.96. The quantitative estimate of drug-likeness (QED) is 0.705. The first-order valence-corrected chi connectivity index (χ1v) is 4.45. The van der Waals surface area contributed by atoms with Crippen molar-refractivity contribution in [2.75, 3.05) is 0 Å². The van der Waals surface area contributed by atoms with Gasteiger partial charge in [0.1, 0.15) is 0 Å². The Kier molecular flexibility index (Phi) is 3.50. The van der Waals surface area contributed by atoms with Gasteiger partial charge in [0.15, 0.2) is 5.78 Å². The van der Waals surface area contributed by atoms with Crippen LogP contribution in [0.15, 0.2) is 24.3 Å². The van der Waals surface area contributed by atoms with Crippen LogP contribution in [0, 0.1) is 6.92 Å². The third-order valence-electron chi connectivity index (χ3n) is 1.94. The number of Topliss-reactive ketones (excluding diaryl/α,β-unsaturated/α-hetero) is 1. The van der Waals surface area contributed by atoms with Crippen LogP contribution < -0.4 is 0 Å². The van der Waals surface area contributed by atoms with E-state index < -0.39 is 17.5 Å². The Morgan fingerprint density at radius 3 is 2.40 bits per heavy atom. The van der Waals surface area contributed by atoms with Gasteiger partial charge in [-0.2, -0.15) is 13.2 Å². The molecule has 0 unspecified atom stereocenters. The second kappa shape index (κ2) is 4.47. The second-order valence-corrected chi connectivity index (χ2v) is 3.07. The lowest BCUT2D eigenvalue weighted by atomic mass is 10.0. The Bertz CT molecular complexity index is 355. The van der Waals surface area contributed by atoms with Crippen molar-refractivity contribution >= 4 is 5.78 Å². The summed E-state index contributed by atoms with van der Waals surface area (Å²) in [5, 5.41) is 0. The van der Waals surface area contributed by atoms with Crippen molar-refractivity contribution in [1.29, 1.82) is 0 Å². The lowest BCUT2D eigenvalue weighted by Gasteiger charge is -2.11. The van der Waals surface area contributed by atoms with Crippen LogP contribution in [0.3, 0.4) is 0 Å². The number of hydrogen-bond acceptors (Lipinski definition) is 1. The van der Waals surface area contributed by atoms with Gasteiger partial charge in [-0.15, -0.1) is 0 Å². The molecule has 1 rings (SSSR count). The highest BCUT2D eigenvalue weighted by Gasteiger charge is 2.34. The van der Waals surface area contributed by atoms with Crippen molar-refractivity contribution in [3.63, 3.8) is 0 Å². The molecule has 1 aromatic rings. The van der Waals surface area contributed by atoms with E-state index in [1.807, 2.05) is 0 Å². The van der Waals surface area contributed by atoms with Crippen molar-refractivity contribution in [1.82, 2.24) is 0 Å². The highest BCUT2D eigenvalue weighted by atomic mass is 19.4. The fraction of sp³-hybridized carbons (Fsp3) is 0.273. The van der Waals surface area contributed by atoms with E-state index in [-0.39, 0.29) is 12.0 Å². The summed E-state index contributed by atoms with van der Waals surface area (Å²) < 4.78 is 37.4. The number of carbonyl (C=O) groups is 1. The summed E-state index contributed by atoms with van der Waals surface area (Å²) in [6, 6.07) is 4.80. The first kappa shape index (κ1) is 11.8. The minimum atomic E-state index is -4.48. The average Bonchev–Trinajstić information content (AvgIpc) is 2.17. The summed E-state index contributed by atoms with van der Waals surface area (Å²) in [6.45, 7) is 3.44. The molecule has 0 heterocycles. The Labute approximate surface area is 85.9 Å². The molecule has 0 spiro atoms. The molecular formula is C11H10F3O. The number of rotatable bonds is 3. The number of hydrogen-bond donors (Lipinski definition) is 0. The monoisotopic (exact) mass is 215 g/mol. The molecule has 0 fully saturated rings. The van der Waals surface area contributed by atoms with E-state index >= 15 is 0 Å². The molecule has 0 bridgehead atoms. The number of alkyl halides is 3. The average molecular weight is 215 g/mol. The van der Waals surface area contributed by atoms with Crippen LogP contribution in [0.5, 0.6) is 0 Å². The molecule has 0 aliphatic rings. The van der Waals surface area contributed by atoms with E-state index in [0.717, 1.165) is 6.07 Å². The number of ketones is 1. The highest BCUT2D eigenvalue weighted by Crippen LogP contribution is 2.32. The molecule has 0 saturated heterocycles. The normalized spacial score (nSPS) is 11.5. The summed E-state index contributed by atoms with van der Waals surface area (Å²) in [5.74, 6) is -0.516. The molecule has 0 N–H and O–H groups in total. The van der Waals surface area contributed by atoms with Gasteiger partial charge in [-0.1, -0.05) is 25.1 Å². The third-order valence-corrected chi connectivity index (χ3v) is 1.94. The van der Waals surface area contributed by atoms with Crippen LogP contribution in [0.2, 0.25) is 0 Å². The molecule has 1 aromatic carbocycles. The van der Waals surface area contributed by atoms with Gasteiger partial charge in [-0.3, -0.25) is 4.79 Å². The van der Waals surface area contributed by atoms with Gasteiger partial charge in [-0.25, -0.2) is 0 Å². The van der Waals surface area contributed by atoms with Gasteiger partial charge in [0.2, 0.25) is 0 Å². The van der Waals surface area contributed by atoms with Gasteiger partial charge in [0.05, 0.1) is 5.56 Å². The Hall–Kier alpha value is -1.32. The molecule has 1 radical (unpaired) electrons. The van der Waals surface area contributed by atoms with Crippen molar-refractivity contribution < 1.29 is 18.0 Å². The molecule has 4 heteroatoms. The molecule has 0 aromatic heterocycles. The van der Waals surface area contributed by atoms with Crippen molar-refractivity contribution in [2.24, 2.45) is 0 Å². The summed E-state index contributed by atoms with van der Waals surface area (Å²) in [6.07, 6.45) is -4.15. The zero-order valence-corrected chi connectivity index (χ0v) is 7.97. The van der Waals surface area contributed by atoms with E-state index in [0.29, 0.717) is 6.42 Å². The maximum atomic E-state index is 12.5. The molecule has 1 nitrogen and oxygen atoms in total. The maximum absolute atomic E-state index is 12.5. The Morgan fingerprint density at radius 2 is 1.87 bits per heavy atom. The SMILES string of the molecule is [CH2]CCC(=O)c1ccccc1C(F)(F)F. The van der Waals surface area contributed by atoms with Gasteiger partial charge in [0, 0.05) is 12.0 Å². The van der Waals surface area contributed by atoms with Crippen LogP contribution in [-0.4, -0.2) is 5.78 Å². The molecule has 0 aliphatic heterocycles. The Balaban J connectivity index is 3.12. The van der Waals surface area contributed by atoms with Gasteiger partial charge >= 0.3 is 6.18 Å². The molecule has 0 aliphatic carbocycles. The van der Waals surface area contributed by atoms with Crippen LogP contribution >= 0.6 is 0 Å². The number of halogens is 3. The van der Waals surface area contributed by atoms with Crippen LogP contribution in [-0.2, 0) is 6.18 Å². The molecule has 0 amide bonds. The fourth-order valence-corrected chi connectivity index (χ4v) is 1.27. The van der Waals surface area contributed by atoms with E-state index in [9.17, 15) is 18.0 Å². The minimum absolute atomic E-state index is 0.0348. The standard InChI is InChI=1S/C11H10F3O/c1-2-5-10(15)8-6-3-4-7-9(8)11(12,13)14/h3-4,6-7H,1-2,5H2. The predicted octanol–water partition coefficient (Wildman–Crippen LogP) is 3.50. The highest BCUT2D eigenvalue weighted by molar-refractivity contribution is 5.97. The predicted molar refractivity (Wildman–Crippen MR) is 50.4 cm³/mol.